The van der Waals surface area contributed by atoms with Crippen molar-refractivity contribution in [3.63, 3.8) is 0 Å². The first kappa shape index (κ1) is 15.3. The van der Waals surface area contributed by atoms with E-state index in [0.717, 1.165) is 0 Å². The van der Waals surface area contributed by atoms with Gasteiger partial charge in [-0.3, -0.25) is 4.79 Å². The summed E-state index contributed by atoms with van der Waals surface area (Å²) in [6, 6.07) is 4.96. The van der Waals surface area contributed by atoms with Gasteiger partial charge in [-0.25, -0.2) is 13.1 Å². The molecule has 0 saturated carbocycles. The summed E-state index contributed by atoms with van der Waals surface area (Å²) in [5, 5.41) is 3.17. The number of H-pyrrole nitrogens is 1. The molecule has 0 atom stereocenters. The predicted octanol–water partition coefficient (Wildman–Crippen LogP) is 0.555. The van der Waals surface area contributed by atoms with E-state index in [1.54, 1.807) is 25.1 Å². The summed E-state index contributed by atoms with van der Waals surface area (Å²) in [7, 11) is -3.67. The Balaban J connectivity index is 2.13. The number of anilines is 1. The zero-order valence-corrected chi connectivity index (χ0v) is 12.5. The van der Waals surface area contributed by atoms with Gasteiger partial charge < -0.3 is 16.0 Å². The Hall–Kier alpha value is -2.06. The lowest BCUT2D eigenvalue weighted by atomic mass is 10.2. The van der Waals surface area contributed by atoms with Gasteiger partial charge in [-0.05, 0) is 25.1 Å². The van der Waals surface area contributed by atoms with E-state index in [2.05, 4.69) is 15.0 Å². The Morgan fingerprint density at radius 3 is 2.86 bits per heavy atom. The van der Waals surface area contributed by atoms with Crippen molar-refractivity contribution in [3.8, 4) is 0 Å². The number of carbonyl (C=O) groups is 1. The lowest BCUT2D eigenvalue weighted by Crippen LogP contribution is -2.30. The number of nitrogens with two attached hydrogens (primary N) is 1. The number of fused-ring (bicyclic) bond motifs is 1. The highest BCUT2D eigenvalue weighted by atomic mass is 32.2. The van der Waals surface area contributed by atoms with E-state index in [-0.39, 0.29) is 23.8 Å². The molecule has 0 bridgehead atoms. The smallest absolute Gasteiger partial charge is 0.242 e. The Kier molecular flexibility index (Phi) is 4.49. The number of carbonyl (C=O) groups excluding carboxylic acids is 1. The molecule has 0 radical (unpaired) electrons. The summed E-state index contributed by atoms with van der Waals surface area (Å²) in [6.07, 6.45) is 1.51. The molecule has 114 valence electrons. The number of amides is 1. The van der Waals surface area contributed by atoms with Crippen molar-refractivity contribution < 1.29 is 13.2 Å². The maximum Gasteiger partial charge on any atom is 0.242 e. The molecule has 21 heavy (non-hydrogen) atoms. The second kappa shape index (κ2) is 6.15. The molecule has 0 aliphatic heterocycles. The third kappa shape index (κ3) is 3.53. The number of benzene rings is 1. The number of sulfonamides is 1. The highest BCUT2D eigenvalue weighted by molar-refractivity contribution is 7.89. The maximum absolute atomic E-state index is 12.2. The molecule has 5 N–H and O–H groups in total. The molecule has 7 nitrogen and oxygen atoms in total. The number of nitrogen functional groups attached to an aromatic ring is 1. The summed E-state index contributed by atoms with van der Waals surface area (Å²) in [5.41, 5.74) is 6.86. The minimum Gasteiger partial charge on any atom is -0.399 e. The zero-order valence-electron chi connectivity index (χ0n) is 11.6. The molecule has 0 aliphatic carbocycles. The molecule has 1 amide bonds. The van der Waals surface area contributed by atoms with Gasteiger partial charge in [0.15, 0.2) is 0 Å². The van der Waals surface area contributed by atoms with Crippen LogP contribution in [-0.4, -0.2) is 32.4 Å². The van der Waals surface area contributed by atoms with Gasteiger partial charge in [0.25, 0.3) is 0 Å². The van der Waals surface area contributed by atoms with E-state index < -0.39 is 10.0 Å². The molecule has 0 fully saturated rings. The molecule has 0 aliphatic rings. The fraction of sp³-hybridized carbons (Fsp3) is 0.308. The predicted molar refractivity (Wildman–Crippen MR) is 81.2 cm³/mol. The summed E-state index contributed by atoms with van der Waals surface area (Å²) < 4.78 is 26.9. The van der Waals surface area contributed by atoms with Crippen molar-refractivity contribution in [2.75, 3.05) is 18.8 Å². The second-order valence-electron chi connectivity index (χ2n) is 4.56. The molecule has 0 spiro atoms. The summed E-state index contributed by atoms with van der Waals surface area (Å²) in [5.74, 6) is -0.188. The van der Waals surface area contributed by atoms with E-state index >= 15 is 0 Å². The van der Waals surface area contributed by atoms with E-state index in [4.69, 9.17) is 5.73 Å². The standard InChI is InChI=1S/C13H18N4O3S/c1-2-15-13(18)5-6-17-21(19,20)12-8-16-11-7-9(14)3-4-10(11)12/h3-4,7-8,16-17H,2,5-6,14H2,1H3,(H,15,18). The number of rotatable bonds is 6. The fourth-order valence-corrected chi connectivity index (χ4v) is 3.21. The van der Waals surface area contributed by atoms with Gasteiger partial charge in [0.05, 0.1) is 0 Å². The van der Waals surface area contributed by atoms with E-state index in [9.17, 15) is 13.2 Å². The molecule has 1 aromatic heterocycles. The van der Waals surface area contributed by atoms with E-state index in [0.29, 0.717) is 23.1 Å². The van der Waals surface area contributed by atoms with E-state index in [1.807, 2.05) is 0 Å². The highest BCUT2D eigenvalue weighted by Crippen LogP contribution is 2.24. The molecule has 1 heterocycles. The topological polar surface area (TPSA) is 117 Å². The average molecular weight is 310 g/mol. The normalized spacial score (nSPS) is 11.7. The van der Waals surface area contributed by atoms with Gasteiger partial charge in [-0.15, -0.1) is 0 Å². The number of aromatic amines is 1. The monoisotopic (exact) mass is 310 g/mol. The van der Waals surface area contributed by atoms with Gasteiger partial charge in [0.2, 0.25) is 15.9 Å². The van der Waals surface area contributed by atoms with Gasteiger partial charge in [0, 0.05) is 42.3 Å². The number of nitrogens with one attached hydrogen (secondary N) is 3. The summed E-state index contributed by atoms with van der Waals surface area (Å²) >= 11 is 0. The molecule has 0 unspecified atom stereocenters. The number of hydrogen-bond donors (Lipinski definition) is 4. The van der Waals surface area contributed by atoms with Crippen LogP contribution in [0.3, 0.4) is 0 Å². The number of aromatic nitrogens is 1. The maximum atomic E-state index is 12.2. The molecule has 2 aromatic rings. The fourth-order valence-electron chi connectivity index (χ4n) is 2.00. The Morgan fingerprint density at radius 2 is 2.14 bits per heavy atom. The molecule has 1 aromatic carbocycles. The SMILES string of the molecule is CCNC(=O)CCNS(=O)(=O)c1c[nH]c2cc(N)ccc12. The Morgan fingerprint density at radius 1 is 1.38 bits per heavy atom. The first-order valence-corrected chi connectivity index (χ1v) is 8.05. The van der Waals surface area contributed by atoms with Crippen LogP contribution in [0.1, 0.15) is 13.3 Å². The average Bonchev–Trinajstić information content (AvgIpc) is 2.82. The van der Waals surface area contributed by atoms with Crippen molar-refractivity contribution in [3.05, 3.63) is 24.4 Å². The minimum absolute atomic E-state index is 0.0514. The van der Waals surface area contributed by atoms with E-state index in [1.165, 1.54) is 6.20 Å². The first-order valence-electron chi connectivity index (χ1n) is 6.57. The van der Waals surface area contributed by atoms with Crippen molar-refractivity contribution in [2.45, 2.75) is 18.2 Å². The van der Waals surface area contributed by atoms with Crippen LogP contribution in [0.4, 0.5) is 5.69 Å². The van der Waals surface area contributed by atoms with Gasteiger partial charge in [-0.1, -0.05) is 0 Å². The summed E-state index contributed by atoms with van der Waals surface area (Å²) in [4.78, 5) is 14.3. The van der Waals surface area contributed by atoms with Crippen molar-refractivity contribution in [1.82, 2.24) is 15.0 Å². The minimum atomic E-state index is -3.67. The lowest BCUT2D eigenvalue weighted by Gasteiger charge is -2.06. The second-order valence-corrected chi connectivity index (χ2v) is 6.29. The highest BCUT2D eigenvalue weighted by Gasteiger charge is 2.18. The zero-order chi connectivity index (χ0) is 15.5. The van der Waals surface area contributed by atoms with Crippen LogP contribution >= 0.6 is 0 Å². The first-order chi connectivity index (χ1) is 9.94. The molecule has 2 rings (SSSR count). The molecular weight excluding hydrogens is 292 g/mol. The van der Waals surface area contributed by atoms with Crippen LogP contribution in [0.15, 0.2) is 29.3 Å². The quantitative estimate of drug-likeness (QED) is 0.583. The molecule has 0 saturated heterocycles. The number of hydrogen-bond acceptors (Lipinski definition) is 4. The lowest BCUT2D eigenvalue weighted by molar-refractivity contribution is -0.120. The Bertz CT molecular complexity index is 752. The van der Waals surface area contributed by atoms with Gasteiger partial charge >= 0.3 is 0 Å². The van der Waals surface area contributed by atoms with Crippen LogP contribution in [0.5, 0.6) is 0 Å². The van der Waals surface area contributed by atoms with Crippen LogP contribution in [-0.2, 0) is 14.8 Å². The third-order valence-corrected chi connectivity index (χ3v) is 4.48. The van der Waals surface area contributed by atoms with Crippen LogP contribution in [0.25, 0.3) is 10.9 Å². The summed E-state index contributed by atoms with van der Waals surface area (Å²) in [6.45, 7) is 2.38. The van der Waals surface area contributed by atoms with Crippen molar-refractivity contribution >= 4 is 32.5 Å². The van der Waals surface area contributed by atoms with Crippen molar-refractivity contribution in [1.29, 1.82) is 0 Å². The molecule has 8 heteroatoms. The van der Waals surface area contributed by atoms with Crippen LogP contribution < -0.4 is 15.8 Å². The van der Waals surface area contributed by atoms with Gasteiger partial charge in [0.1, 0.15) is 4.90 Å². The van der Waals surface area contributed by atoms with Gasteiger partial charge in [-0.2, -0.15) is 0 Å². The third-order valence-electron chi connectivity index (χ3n) is 2.98. The molecular formula is C13H18N4O3S. The van der Waals surface area contributed by atoms with Crippen molar-refractivity contribution in [2.24, 2.45) is 0 Å². The largest absolute Gasteiger partial charge is 0.399 e. The van der Waals surface area contributed by atoms with Crippen LogP contribution in [0, 0.1) is 0 Å². The van der Waals surface area contributed by atoms with Crippen LogP contribution in [0.2, 0.25) is 0 Å². The Labute approximate surface area is 123 Å².